The smallest absolute Gasteiger partial charge is 0.129 e. The number of anilines is 1. The zero-order valence-electron chi connectivity index (χ0n) is 16.3. The predicted octanol–water partition coefficient (Wildman–Crippen LogP) is 4.79. The molecule has 2 heterocycles. The molecule has 0 unspecified atom stereocenters. The minimum Gasteiger partial charge on any atom is -0.507 e. The van der Waals surface area contributed by atoms with E-state index in [4.69, 9.17) is 9.72 Å². The van der Waals surface area contributed by atoms with Gasteiger partial charge in [0.25, 0.3) is 0 Å². The number of aryl methyl sites for hydroxylation is 1. The van der Waals surface area contributed by atoms with Crippen molar-refractivity contribution in [3.8, 4) is 17.0 Å². The van der Waals surface area contributed by atoms with Crippen molar-refractivity contribution < 1.29 is 9.84 Å². The van der Waals surface area contributed by atoms with Gasteiger partial charge in [-0.2, -0.15) is 0 Å². The second-order valence-electron chi connectivity index (χ2n) is 8.26. The molecular formula is C22H30N2O2. The van der Waals surface area contributed by atoms with E-state index in [1.54, 1.807) is 6.07 Å². The minimum absolute atomic E-state index is 0.0666. The summed E-state index contributed by atoms with van der Waals surface area (Å²) in [7, 11) is 0. The van der Waals surface area contributed by atoms with Gasteiger partial charge in [0.2, 0.25) is 0 Å². The van der Waals surface area contributed by atoms with Gasteiger partial charge in [0.1, 0.15) is 11.6 Å². The highest BCUT2D eigenvalue weighted by Crippen LogP contribution is 2.31. The predicted molar refractivity (Wildman–Crippen MR) is 107 cm³/mol. The van der Waals surface area contributed by atoms with Gasteiger partial charge >= 0.3 is 0 Å². The number of aromatic hydroxyl groups is 1. The van der Waals surface area contributed by atoms with E-state index >= 15 is 0 Å². The fourth-order valence-corrected chi connectivity index (χ4v) is 3.30. The van der Waals surface area contributed by atoms with E-state index in [1.807, 2.05) is 31.2 Å². The van der Waals surface area contributed by atoms with Crippen molar-refractivity contribution >= 4 is 5.82 Å². The van der Waals surface area contributed by atoms with Gasteiger partial charge < -0.3 is 14.7 Å². The van der Waals surface area contributed by atoms with Crippen molar-refractivity contribution in [3.63, 3.8) is 0 Å². The molecule has 0 bridgehead atoms. The van der Waals surface area contributed by atoms with E-state index in [2.05, 4.69) is 31.7 Å². The summed E-state index contributed by atoms with van der Waals surface area (Å²) in [6.45, 7) is 11.2. The number of benzene rings is 1. The van der Waals surface area contributed by atoms with E-state index < -0.39 is 0 Å². The fourth-order valence-electron chi connectivity index (χ4n) is 3.30. The topological polar surface area (TPSA) is 45.6 Å². The van der Waals surface area contributed by atoms with Crippen LogP contribution in [-0.2, 0) is 4.74 Å². The van der Waals surface area contributed by atoms with Gasteiger partial charge in [0.15, 0.2) is 0 Å². The van der Waals surface area contributed by atoms with Crippen molar-refractivity contribution in [2.45, 2.75) is 46.1 Å². The summed E-state index contributed by atoms with van der Waals surface area (Å²) in [5.41, 5.74) is 2.66. The Morgan fingerprint density at radius 2 is 1.88 bits per heavy atom. The Kier molecular flexibility index (Phi) is 5.52. The highest BCUT2D eigenvalue weighted by Gasteiger charge is 2.22. The maximum absolute atomic E-state index is 10.2. The Labute approximate surface area is 156 Å². The molecule has 0 radical (unpaired) electrons. The molecule has 0 atom stereocenters. The number of pyridine rings is 1. The van der Waals surface area contributed by atoms with Crippen molar-refractivity contribution in [3.05, 3.63) is 42.0 Å². The van der Waals surface area contributed by atoms with Crippen molar-refractivity contribution in [2.24, 2.45) is 5.92 Å². The van der Waals surface area contributed by atoms with Crippen LogP contribution >= 0.6 is 0 Å². The first-order chi connectivity index (χ1) is 12.3. The van der Waals surface area contributed by atoms with Crippen LogP contribution in [0.2, 0.25) is 0 Å². The van der Waals surface area contributed by atoms with Crippen LogP contribution in [0.5, 0.6) is 5.75 Å². The number of hydrogen-bond acceptors (Lipinski definition) is 4. The molecule has 1 saturated heterocycles. The second-order valence-corrected chi connectivity index (χ2v) is 8.26. The van der Waals surface area contributed by atoms with Crippen LogP contribution in [0, 0.1) is 12.8 Å². The Morgan fingerprint density at radius 3 is 2.58 bits per heavy atom. The van der Waals surface area contributed by atoms with Gasteiger partial charge in [-0.1, -0.05) is 17.7 Å². The molecule has 2 aromatic rings. The molecule has 0 amide bonds. The average molecular weight is 354 g/mol. The van der Waals surface area contributed by atoms with Crippen molar-refractivity contribution in [1.82, 2.24) is 4.98 Å². The third-order valence-electron chi connectivity index (χ3n) is 4.85. The van der Waals surface area contributed by atoms with Gasteiger partial charge in [0, 0.05) is 18.7 Å². The van der Waals surface area contributed by atoms with E-state index in [1.165, 1.54) is 0 Å². The van der Waals surface area contributed by atoms with Crippen molar-refractivity contribution in [2.75, 3.05) is 24.6 Å². The molecule has 1 aromatic carbocycles. The molecule has 140 valence electrons. The Morgan fingerprint density at radius 1 is 1.15 bits per heavy atom. The molecule has 26 heavy (non-hydrogen) atoms. The first-order valence-corrected chi connectivity index (χ1v) is 9.48. The van der Waals surface area contributed by atoms with Crippen LogP contribution in [0.15, 0.2) is 36.4 Å². The summed E-state index contributed by atoms with van der Waals surface area (Å²) in [6.07, 6.45) is 2.25. The Bertz CT molecular complexity index is 744. The normalized spacial score (nSPS) is 16.1. The molecule has 3 rings (SSSR count). The number of piperidine rings is 1. The number of rotatable bonds is 4. The maximum Gasteiger partial charge on any atom is 0.129 e. The summed E-state index contributed by atoms with van der Waals surface area (Å²) < 4.78 is 5.95. The lowest BCUT2D eigenvalue weighted by atomic mass is 9.97. The molecule has 0 saturated carbocycles. The van der Waals surface area contributed by atoms with Crippen LogP contribution in [0.1, 0.15) is 39.2 Å². The molecule has 4 nitrogen and oxygen atoms in total. The fraction of sp³-hybridized carbons (Fsp3) is 0.500. The third kappa shape index (κ3) is 4.76. The zero-order chi connectivity index (χ0) is 18.7. The number of hydrogen-bond donors (Lipinski definition) is 1. The molecule has 1 aliphatic rings. The zero-order valence-corrected chi connectivity index (χ0v) is 16.3. The summed E-state index contributed by atoms with van der Waals surface area (Å²) in [5.74, 6) is 1.88. The highest BCUT2D eigenvalue weighted by molar-refractivity contribution is 5.69. The molecule has 0 spiro atoms. The largest absolute Gasteiger partial charge is 0.507 e. The molecular weight excluding hydrogens is 324 g/mol. The van der Waals surface area contributed by atoms with Gasteiger partial charge in [0.05, 0.1) is 17.9 Å². The standard InChI is InChI=1S/C22H30N2O2/c1-16-8-9-20(25)18(14-16)19-6-5-7-21(23-19)24-12-10-17(11-13-24)15-26-22(2,3)4/h5-9,14,17,25H,10-13,15H2,1-4H3. The third-order valence-corrected chi connectivity index (χ3v) is 4.85. The van der Waals surface area contributed by atoms with E-state index in [0.29, 0.717) is 5.92 Å². The molecule has 4 heteroatoms. The van der Waals surface area contributed by atoms with Crippen LogP contribution in [0.3, 0.4) is 0 Å². The van der Waals surface area contributed by atoms with Crippen LogP contribution in [0.4, 0.5) is 5.82 Å². The highest BCUT2D eigenvalue weighted by atomic mass is 16.5. The summed E-state index contributed by atoms with van der Waals surface area (Å²) >= 11 is 0. The molecule has 1 aliphatic heterocycles. The molecule has 1 fully saturated rings. The van der Waals surface area contributed by atoms with E-state index in [9.17, 15) is 5.11 Å². The monoisotopic (exact) mass is 354 g/mol. The average Bonchev–Trinajstić information content (AvgIpc) is 2.62. The molecule has 0 aliphatic carbocycles. The van der Waals surface area contributed by atoms with E-state index in [0.717, 1.165) is 55.2 Å². The lowest BCUT2D eigenvalue weighted by Gasteiger charge is -2.34. The Balaban J connectivity index is 1.67. The van der Waals surface area contributed by atoms with Crippen LogP contribution < -0.4 is 4.90 Å². The summed E-state index contributed by atoms with van der Waals surface area (Å²) in [5, 5.41) is 10.2. The van der Waals surface area contributed by atoms with Gasteiger partial charge in [-0.05, 0) is 70.7 Å². The molecule has 1 N–H and O–H groups in total. The number of phenolic OH excluding ortho intramolecular Hbond substituents is 1. The van der Waals surface area contributed by atoms with Gasteiger partial charge in [-0.15, -0.1) is 0 Å². The van der Waals surface area contributed by atoms with Crippen LogP contribution in [0.25, 0.3) is 11.3 Å². The number of phenols is 1. The van der Waals surface area contributed by atoms with E-state index in [-0.39, 0.29) is 11.4 Å². The Hall–Kier alpha value is -2.07. The number of nitrogens with zero attached hydrogens (tertiary/aromatic N) is 2. The van der Waals surface area contributed by atoms with Gasteiger partial charge in [-0.3, -0.25) is 0 Å². The minimum atomic E-state index is -0.0666. The maximum atomic E-state index is 10.2. The lowest BCUT2D eigenvalue weighted by Crippen LogP contribution is -2.36. The van der Waals surface area contributed by atoms with Crippen LogP contribution in [-0.4, -0.2) is 35.4 Å². The first kappa shape index (κ1) is 18.7. The summed E-state index contributed by atoms with van der Waals surface area (Å²) in [6, 6.07) is 11.7. The second kappa shape index (κ2) is 7.67. The van der Waals surface area contributed by atoms with Crippen molar-refractivity contribution in [1.29, 1.82) is 0 Å². The first-order valence-electron chi connectivity index (χ1n) is 9.48. The SMILES string of the molecule is Cc1ccc(O)c(-c2cccc(N3CCC(COC(C)(C)C)CC3)n2)c1. The number of ether oxygens (including phenoxy) is 1. The number of aromatic nitrogens is 1. The van der Waals surface area contributed by atoms with Gasteiger partial charge in [-0.25, -0.2) is 4.98 Å². The molecule has 1 aromatic heterocycles. The quantitative estimate of drug-likeness (QED) is 0.857. The lowest BCUT2D eigenvalue weighted by molar-refractivity contribution is -0.0257. The summed E-state index contributed by atoms with van der Waals surface area (Å²) in [4.78, 5) is 7.15.